The summed E-state index contributed by atoms with van der Waals surface area (Å²) in [7, 11) is 0. The van der Waals surface area contributed by atoms with Gasteiger partial charge in [0.25, 0.3) is 0 Å². The van der Waals surface area contributed by atoms with Crippen molar-refractivity contribution < 1.29 is 24.5 Å². The first-order valence-electron chi connectivity index (χ1n) is 27.9. The molecule has 0 aromatic rings. The van der Waals surface area contributed by atoms with E-state index in [1.54, 1.807) is 0 Å². The number of allylic oxidation sites excluding steroid dienone is 8. The number of carbonyl (C=O) groups excluding carboxylic acids is 2. The number of aliphatic hydroxyl groups is 2. The molecule has 0 saturated heterocycles. The molecule has 0 saturated carbocycles. The fraction of sp³-hybridized carbons (Fsp3) is 0.828. The smallest absolute Gasteiger partial charge is 0.306 e. The van der Waals surface area contributed by atoms with Crippen LogP contribution in [0.4, 0.5) is 0 Å². The number of amides is 1. The summed E-state index contributed by atoms with van der Waals surface area (Å²) in [6, 6.07) is -0.712. The largest absolute Gasteiger partial charge is 0.462 e. The molecule has 0 aliphatic heterocycles. The lowest BCUT2D eigenvalue weighted by atomic mass is 10.0. The van der Waals surface area contributed by atoms with Gasteiger partial charge in [0.15, 0.2) is 0 Å². The average molecular weight is 898 g/mol. The molecule has 0 aliphatic carbocycles. The Morgan fingerprint density at radius 3 is 1.28 bits per heavy atom. The summed E-state index contributed by atoms with van der Waals surface area (Å²) >= 11 is 0. The van der Waals surface area contributed by atoms with Crippen LogP contribution < -0.4 is 5.32 Å². The minimum absolute atomic E-state index is 0.0524. The predicted octanol–water partition coefficient (Wildman–Crippen LogP) is 17.0. The van der Waals surface area contributed by atoms with Crippen LogP contribution in [0.15, 0.2) is 48.6 Å². The molecule has 1 amide bonds. The van der Waals surface area contributed by atoms with Crippen LogP contribution >= 0.6 is 0 Å². The number of ether oxygens (including phenoxy) is 1. The summed E-state index contributed by atoms with van der Waals surface area (Å²) in [5.41, 5.74) is 0. The fourth-order valence-electron chi connectivity index (χ4n) is 8.38. The normalized spacial score (nSPS) is 13.5. The molecule has 3 N–H and O–H groups in total. The number of carbonyl (C=O) groups is 2. The molecule has 0 rings (SSSR count). The maximum Gasteiger partial charge on any atom is 0.306 e. The molecule has 3 atom stereocenters. The number of esters is 1. The highest BCUT2D eigenvalue weighted by Crippen LogP contribution is 2.17. The summed E-state index contributed by atoms with van der Waals surface area (Å²) in [6.07, 6.45) is 63.2. The lowest BCUT2D eigenvalue weighted by Crippen LogP contribution is -2.46. The van der Waals surface area contributed by atoms with Crippen molar-refractivity contribution in [2.24, 2.45) is 0 Å². The van der Waals surface area contributed by atoms with Crippen molar-refractivity contribution in [1.82, 2.24) is 5.32 Å². The second kappa shape index (κ2) is 51.8. The van der Waals surface area contributed by atoms with E-state index < -0.39 is 18.2 Å². The van der Waals surface area contributed by atoms with Gasteiger partial charge in [-0.1, -0.05) is 236 Å². The number of rotatable bonds is 50. The van der Waals surface area contributed by atoms with Gasteiger partial charge in [-0.25, -0.2) is 0 Å². The Kier molecular flexibility index (Phi) is 50.0. The van der Waals surface area contributed by atoms with E-state index >= 15 is 0 Å². The van der Waals surface area contributed by atoms with Gasteiger partial charge < -0.3 is 20.3 Å². The molecule has 0 aromatic heterocycles. The molecule has 6 heteroatoms. The van der Waals surface area contributed by atoms with Gasteiger partial charge >= 0.3 is 5.97 Å². The Morgan fingerprint density at radius 1 is 0.453 bits per heavy atom. The van der Waals surface area contributed by atoms with Gasteiger partial charge in [0.05, 0.1) is 25.2 Å². The van der Waals surface area contributed by atoms with Crippen LogP contribution in [0.25, 0.3) is 0 Å². The maximum absolute atomic E-state index is 13.2. The lowest BCUT2D eigenvalue weighted by molar-refractivity contribution is -0.151. The Hall–Kier alpha value is -2.18. The van der Waals surface area contributed by atoms with Gasteiger partial charge in [-0.3, -0.25) is 9.59 Å². The molecule has 3 unspecified atom stereocenters. The zero-order valence-corrected chi connectivity index (χ0v) is 42.7. The van der Waals surface area contributed by atoms with Gasteiger partial charge in [-0.05, 0) is 83.5 Å². The molecular weight excluding hydrogens is 791 g/mol. The molecule has 0 spiro atoms. The molecule has 0 fully saturated rings. The Morgan fingerprint density at radius 2 is 0.812 bits per heavy atom. The Balaban J connectivity index is 4.55. The standard InChI is InChI=1S/C58H107NO5/c1-4-7-10-13-16-19-22-25-27-28-29-30-31-33-36-39-42-45-48-51-58(63)64-54(49-46-43-40-37-34-24-21-18-15-12-9-6-3)52-57(62)59-55(53-60)56(61)50-47-44-41-38-35-32-26-23-20-17-14-11-8-5-2/h16,19,25,27,29-30,37,40,54-56,60-61H,4-15,17-18,20-24,26,28,31-36,38-39,41-53H2,1-3H3,(H,59,62)/b19-16-,27-25-,30-29-,40-37-. The van der Waals surface area contributed by atoms with Gasteiger partial charge in [-0.15, -0.1) is 0 Å². The summed E-state index contributed by atoms with van der Waals surface area (Å²) in [5, 5.41) is 23.8. The van der Waals surface area contributed by atoms with Gasteiger partial charge in [0, 0.05) is 6.42 Å². The predicted molar refractivity (Wildman–Crippen MR) is 278 cm³/mol. The highest BCUT2D eigenvalue weighted by Gasteiger charge is 2.24. The highest BCUT2D eigenvalue weighted by molar-refractivity contribution is 5.77. The lowest BCUT2D eigenvalue weighted by Gasteiger charge is -2.24. The van der Waals surface area contributed by atoms with Gasteiger partial charge in [0.1, 0.15) is 6.10 Å². The molecule has 6 nitrogen and oxygen atoms in total. The van der Waals surface area contributed by atoms with Crippen molar-refractivity contribution >= 4 is 11.9 Å². The minimum Gasteiger partial charge on any atom is -0.462 e. The molecule has 0 aromatic carbocycles. The third-order valence-electron chi connectivity index (χ3n) is 12.6. The first kappa shape index (κ1) is 61.8. The SMILES string of the molecule is CCCCC/C=C\C/C=C\C/C=C\CCCCCCCCC(=O)OC(CCC/C=C\CCCCCCCCC)CC(=O)NC(CO)C(O)CCCCCCCCCCCCCCCC. The highest BCUT2D eigenvalue weighted by atomic mass is 16.5. The van der Waals surface area contributed by atoms with E-state index in [0.29, 0.717) is 19.3 Å². The minimum atomic E-state index is -0.796. The van der Waals surface area contributed by atoms with Crippen LogP contribution in [0.1, 0.15) is 284 Å². The molecule has 0 radical (unpaired) electrons. The quantitative estimate of drug-likeness (QED) is 0.0321. The summed E-state index contributed by atoms with van der Waals surface area (Å²) in [6.45, 7) is 6.46. The van der Waals surface area contributed by atoms with Gasteiger partial charge in [0.2, 0.25) is 5.91 Å². The van der Waals surface area contributed by atoms with Crippen LogP contribution in [0.3, 0.4) is 0 Å². The van der Waals surface area contributed by atoms with E-state index in [0.717, 1.165) is 77.0 Å². The zero-order valence-electron chi connectivity index (χ0n) is 42.7. The Bertz CT molecular complexity index is 1100. The summed E-state index contributed by atoms with van der Waals surface area (Å²) in [4.78, 5) is 26.2. The number of hydrogen-bond acceptors (Lipinski definition) is 5. The molecule has 0 bridgehead atoms. The first-order valence-corrected chi connectivity index (χ1v) is 27.9. The van der Waals surface area contributed by atoms with E-state index in [2.05, 4.69) is 74.7 Å². The molecule has 0 aliphatic rings. The maximum atomic E-state index is 13.2. The zero-order chi connectivity index (χ0) is 46.7. The molecule has 0 heterocycles. The van der Waals surface area contributed by atoms with Crippen molar-refractivity contribution in [2.45, 2.75) is 302 Å². The van der Waals surface area contributed by atoms with Crippen LogP contribution in [0, 0.1) is 0 Å². The van der Waals surface area contributed by atoms with E-state index in [1.807, 2.05) is 0 Å². The van der Waals surface area contributed by atoms with Crippen LogP contribution in [0.5, 0.6) is 0 Å². The molecule has 374 valence electrons. The van der Waals surface area contributed by atoms with Crippen molar-refractivity contribution in [3.63, 3.8) is 0 Å². The fourth-order valence-corrected chi connectivity index (χ4v) is 8.38. The molecule has 64 heavy (non-hydrogen) atoms. The first-order chi connectivity index (χ1) is 31.5. The van der Waals surface area contributed by atoms with Crippen LogP contribution in [-0.4, -0.2) is 46.9 Å². The third-order valence-corrected chi connectivity index (χ3v) is 12.6. The van der Waals surface area contributed by atoms with Gasteiger partial charge in [-0.2, -0.15) is 0 Å². The second-order valence-electron chi connectivity index (χ2n) is 19.0. The number of unbranched alkanes of at least 4 members (excludes halogenated alkanes) is 30. The van der Waals surface area contributed by atoms with Crippen molar-refractivity contribution in [1.29, 1.82) is 0 Å². The number of nitrogens with one attached hydrogen (secondary N) is 1. The van der Waals surface area contributed by atoms with Crippen LogP contribution in [-0.2, 0) is 14.3 Å². The van der Waals surface area contributed by atoms with Crippen molar-refractivity contribution in [3.8, 4) is 0 Å². The monoisotopic (exact) mass is 898 g/mol. The number of aliphatic hydroxyl groups excluding tert-OH is 2. The van der Waals surface area contributed by atoms with E-state index in [4.69, 9.17) is 4.74 Å². The summed E-state index contributed by atoms with van der Waals surface area (Å²) < 4.78 is 5.93. The average Bonchev–Trinajstić information content (AvgIpc) is 3.29. The van der Waals surface area contributed by atoms with Crippen molar-refractivity contribution in [2.75, 3.05) is 6.61 Å². The van der Waals surface area contributed by atoms with E-state index in [1.165, 1.54) is 161 Å². The van der Waals surface area contributed by atoms with E-state index in [9.17, 15) is 19.8 Å². The third kappa shape index (κ3) is 46.4. The Labute approximate surface area is 397 Å². The molecular formula is C58H107NO5. The summed E-state index contributed by atoms with van der Waals surface area (Å²) in [5.74, 6) is -0.510. The van der Waals surface area contributed by atoms with Crippen LogP contribution in [0.2, 0.25) is 0 Å². The van der Waals surface area contributed by atoms with E-state index in [-0.39, 0.29) is 24.9 Å². The second-order valence-corrected chi connectivity index (χ2v) is 19.0. The van der Waals surface area contributed by atoms with Crippen molar-refractivity contribution in [3.05, 3.63) is 48.6 Å². The number of hydrogen-bond donors (Lipinski definition) is 3. The topological polar surface area (TPSA) is 95.9 Å².